The van der Waals surface area contributed by atoms with E-state index in [0.29, 0.717) is 5.06 Å². The molecule has 35 heavy (non-hydrogen) atoms. The standard InChI is InChI=1S/C28H30N3O4/c1-27(2)18-10-6-8-12-20(18)29(5)22(27)16-23-28(3,4)19-11-7-9-13-21(19)30(23)17-26(34)35-31-24(32)14-15-25(31)33/h6-13,16H,14-15,17H2,1-5H3/q+1. The van der Waals surface area contributed by atoms with Gasteiger partial charge in [0, 0.05) is 47.3 Å². The number of allylic oxidation sites excluding steroid dienone is 2. The summed E-state index contributed by atoms with van der Waals surface area (Å²) >= 11 is 0. The van der Waals surface area contributed by atoms with E-state index < -0.39 is 17.8 Å². The van der Waals surface area contributed by atoms with Gasteiger partial charge < -0.3 is 9.74 Å². The highest BCUT2D eigenvalue weighted by Crippen LogP contribution is 2.49. The van der Waals surface area contributed by atoms with Crippen molar-refractivity contribution in [3.63, 3.8) is 0 Å². The predicted molar refractivity (Wildman–Crippen MR) is 132 cm³/mol. The van der Waals surface area contributed by atoms with E-state index in [-0.39, 0.29) is 30.2 Å². The minimum atomic E-state index is -0.653. The monoisotopic (exact) mass is 472 g/mol. The molecule has 3 aliphatic rings. The first kappa shape index (κ1) is 23.0. The average molecular weight is 473 g/mol. The van der Waals surface area contributed by atoms with Gasteiger partial charge in [-0.15, -0.1) is 5.06 Å². The van der Waals surface area contributed by atoms with Crippen LogP contribution >= 0.6 is 0 Å². The molecular formula is C28H30N3O4+. The molecule has 3 heterocycles. The second-order valence-electron chi connectivity index (χ2n) is 10.4. The minimum absolute atomic E-state index is 0.0666. The normalized spacial score (nSPS) is 21.1. The summed E-state index contributed by atoms with van der Waals surface area (Å²) in [5.41, 5.74) is 5.89. The van der Waals surface area contributed by atoms with Gasteiger partial charge >= 0.3 is 5.97 Å². The molecule has 0 saturated carbocycles. The second-order valence-corrected chi connectivity index (χ2v) is 10.4. The van der Waals surface area contributed by atoms with E-state index in [1.165, 1.54) is 5.56 Å². The van der Waals surface area contributed by atoms with Crippen molar-refractivity contribution in [2.45, 2.75) is 51.4 Å². The van der Waals surface area contributed by atoms with Crippen molar-refractivity contribution in [3.8, 4) is 0 Å². The number of amides is 2. The van der Waals surface area contributed by atoms with Crippen molar-refractivity contribution in [3.05, 3.63) is 71.4 Å². The molecule has 0 aliphatic carbocycles. The van der Waals surface area contributed by atoms with Crippen molar-refractivity contribution < 1.29 is 23.8 Å². The number of hydroxylamine groups is 2. The first-order valence-electron chi connectivity index (χ1n) is 11.9. The molecule has 0 N–H and O–H groups in total. The van der Waals surface area contributed by atoms with Crippen LogP contribution in [0.25, 0.3) is 0 Å². The largest absolute Gasteiger partial charge is 0.352 e. The number of imide groups is 1. The summed E-state index contributed by atoms with van der Waals surface area (Å²) in [6.07, 6.45) is 2.31. The quantitative estimate of drug-likeness (QED) is 0.497. The van der Waals surface area contributed by atoms with Crippen molar-refractivity contribution in [1.29, 1.82) is 0 Å². The number of carbonyl (C=O) groups is 3. The third-order valence-corrected chi connectivity index (χ3v) is 7.50. The number of anilines is 1. The second kappa shape index (κ2) is 7.90. The topological polar surface area (TPSA) is 69.9 Å². The summed E-state index contributed by atoms with van der Waals surface area (Å²) in [4.78, 5) is 44.1. The number of nitrogens with zero attached hydrogens (tertiary/aromatic N) is 3. The van der Waals surface area contributed by atoms with Crippen LogP contribution in [-0.4, -0.2) is 46.7 Å². The fourth-order valence-corrected chi connectivity index (χ4v) is 5.58. The first-order chi connectivity index (χ1) is 16.5. The SMILES string of the molecule is C[N+]1=C(/C=C2/N(CC(=O)ON3C(=O)CCC3=O)c3ccccc3C2(C)C)C(C)(C)c2ccccc21. The van der Waals surface area contributed by atoms with Gasteiger partial charge in [-0.05, 0) is 25.5 Å². The summed E-state index contributed by atoms with van der Waals surface area (Å²) in [7, 11) is 2.07. The molecule has 0 radical (unpaired) electrons. The highest BCUT2D eigenvalue weighted by molar-refractivity contribution is 6.05. The van der Waals surface area contributed by atoms with E-state index in [0.717, 1.165) is 28.3 Å². The van der Waals surface area contributed by atoms with Crippen LogP contribution < -0.4 is 4.90 Å². The Kier molecular flexibility index (Phi) is 5.20. The van der Waals surface area contributed by atoms with Crippen molar-refractivity contribution >= 4 is 34.9 Å². The molecule has 3 aliphatic heterocycles. The van der Waals surface area contributed by atoms with Gasteiger partial charge in [0.2, 0.25) is 5.69 Å². The van der Waals surface area contributed by atoms with Crippen molar-refractivity contribution in [2.75, 3.05) is 18.5 Å². The molecule has 2 aromatic rings. The Morgan fingerprint density at radius 3 is 2.20 bits per heavy atom. The third kappa shape index (κ3) is 3.49. The number of fused-ring (bicyclic) bond motifs is 2. The van der Waals surface area contributed by atoms with Crippen LogP contribution in [0.3, 0.4) is 0 Å². The Labute approximate surface area is 205 Å². The molecule has 180 valence electrons. The molecule has 2 amide bonds. The Morgan fingerprint density at radius 1 is 0.943 bits per heavy atom. The highest BCUT2D eigenvalue weighted by Gasteiger charge is 2.47. The average Bonchev–Trinajstić information content (AvgIpc) is 3.32. The maximum absolute atomic E-state index is 13.0. The molecule has 0 atom stereocenters. The summed E-state index contributed by atoms with van der Waals surface area (Å²) in [6, 6.07) is 16.4. The fourth-order valence-electron chi connectivity index (χ4n) is 5.58. The maximum Gasteiger partial charge on any atom is 0.352 e. The molecule has 2 aromatic carbocycles. The lowest BCUT2D eigenvalue weighted by Gasteiger charge is -2.27. The number of carbonyl (C=O) groups excluding carboxylic acids is 3. The molecule has 0 unspecified atom stereocenters. The van der Waals surface area contributed by atoms with Crippen LogP contribution in [0.4, 0.5) is 11.4 Å². The van der Waals surface area contributed by atoms with E-state index in [4.69, 9.17) is 4.84 Å². The lowest BCUT2D eigenvalue weighted by atomic mass is 9.78. The number of benzene rings is 2. The minimum Gasteiger partial charge on any atom is -0.332 e. The maximum atomic E-state index is 13.0. The van der Waals surface area contributed by atoms with E-state index >= 15 is 0 Å². The van der Waals surface area contributed by atoms with Crippen LogP contribution in [0.5, 0.6) is 0 Å². The zero-order valence-electron chi connectivity index (χ0n) is 20.8. The van der Waals surface area contributed by atoms with Gasteiger partial charge in [0.05, 0.1) is 5.41 Å². The first-order valence-corrected chi connectivity index (χ1v) is 11.9. The zero-order valence-corrected chi connectivity index (χ0v) is 20.8. The Morgan fingerprint density at radius 2 is 1.54 bits per heavy atom. The van der Waals surface area contributed by atoms with Crippen LogP contribution in [-0.2, 0) is 30.1 Å². The van der Waals surface area contributed by atoms with Crippen LogP contribution in [0.1, 0.15) is 51.7 Å². The molecular weight excluding hydrogens is 442 g/mol. The summed E-state index contributed by atoms with van der Waals surface area (Å²) in [5.74, 6) is -1.62. The lowest BCUT2D eigenvalue weighted by molar-refractivity contribution is -0.401. The molecule has 0 spiro atoms. The van der Waals surface area contributed by atoms with Gasteiger partial charge in [-0.3, -0.25) is 9.59 Å². The molecule has 0 aromatic heterocycles. The van der Waals surface area contributed by atoms with Crippen molar-refractivity contribution in [1.82, 2.24) is 5.06 Å². The van der Waals surface area contributed by atoms with Gasteiger partial charge in [0.15, 0.2) is 5.71 Å². The molecule has 0 bridgehead atoms. The highest BCUT2D eigenvalue weighted by atomic mass is 16.7. The van der Waals surface area contributed by atoms with E-state index in [1.807, 2.05) is 29.2 Å². The Balaban J connectivity index is 1.56. The lowest BCUT2D eigenvalue weighted by Crippen LogP contribution is -2.38. The predicted octanol–water partition coefficient (Wildman–Crippen LogP) is 3.98. The number of para-hydroxylation sites is 2. The molecule has 5 rings (SSSR count). The summed E-state index contributed by atoms with van der Waals surface area (Å²) in [5, 5.41) is 0.609. The number of rotatable bonds is 4. The summed E-state index contributed by atoms with van der Waals surface area (Å²) in [6.45, 7) is 8.59. The third-order valence-electron chi connectivity index (χ3n) is 7.50. The van der Waals surface area contributed by atoms with Crippen LogP contribution in [0, 0.1) is 0 Å². The van der Waals surface area contributed by atoms with E-state index in [1.54, 1.807) is 0 Å². The molecule has 1 fully saturated rings. The number of hydrogen-bond donors (Lipinski definition) is 0. The fraction of sp³-hybridized carbons (Fsp3) is 0.357. The van der Waals surface area contributed by atoms with Gasteiger partial charge in [-0.2, -0.15) is 4.58 Å². The van der Waals surface area contributed by atoms with Gasteiger partial charge in [-0.1, -0.05) is 50.2 Å². The van der Waals surface area contributed by atoms with E-state index in [2.05, 4.69) is 69.7 Å². The molecule has 1 saturated heterocycles. The summed E-state index contributed by atoms with van der Waals surface area (Å²) < 4.78 is 2.21. The van der Waals surface area contributed by atoms with Crippen LogP contribution in [0.2, 0.25) is 0 Å². The van der Waals surface area contributed by atoms with Gasteiger partial charge in [0.1, 0.15) is 13.6 Å². The smallest absolute Gasteiger partial charge is 0.332 e. The van der Waals surface area contributed by atoms with Gasteiger partial charge in [0.25, 0.3) is 11.8 Å². The van der Waals surface area contributed by atoms with Gasteiger partial charge in [-0.25, -0.2) is 4.79 Å². The van der Waals surface area contributed by atoms with E-state index in [9.17, 15) is 14.4 Å². The zero-order chi connectivity index (χ0) is 25.1. The molecule has 7 nitrogen and oxygen atoms in total. The molecule has 7 heteroatoms. The Hall–Kier alpha value is -3.74. The number of hydrogen-bond acceptors (Lipinski definition) is 5. The van der Waals surface area contributed by atoms with Crippen LogP contribution in [0.15, 0.2) is 60.3 Å². The van der Waals surface area contributed by atoms with Crippen molar-refractivity contribution in [2.24, 2.45) is 0 Å². The Bertz CT molecular complexity index is 1320.